The highest BCUT2D eigenvalue weighted by molar-refractivity contribution is 5.94. The minimum atomic E-state index is -0.116. The molecule has 0 aliphatic heterocycles. The number of ether oxygens (including phenoxy) is 1. The number of hydrogen-bond acceptors (Lipinski definition) is 4. The number of nitrogens with zero attached hydrogens (tertiary/aromatic N) is 2. The van der Waals surface area contributed by atoms with Crippen LogP contribution in [0.15, 0.2) is 48.5 Å². The van der Waals surface area contributed by atoms with Gasteiger partial charge in [0.05, 0.1) is 17.6 Å². The van der Waals surface area contributed by atoms with Gasteiger partial charge in [-0.25, -0.2) is 4.98 Å². The Labute approximate surface area is 133 Å². The van der Waals surface area contributed by atoms with Gasteiger partial charge < -0.3 is 14.8 Å². The Balaban J connectivity index is 2.03. The predicted octanol–water partition coefficient (Wildman–Crippen LogP) is 3.91. The summed E-state index contributed by atoms with van der Waals surface area (Å²) >= 11 is 0. The fourth-order valence-electron chi connectivity index (χ4n) is 2.31. The van der Waals surface area contributed by atoms with E-state index in [0.29, 0.717) is 23.7 Å². The van der Waals surface area contributed by atoms with E-state index in [1.54, 1.807) is 24.3 Å². The van der Waals surface area contributed by atoms with Gasteiger partial charge in [0.2, 0.25) is 0 Å². The second kappa shape index (κ2) is 6.24. The highest BCUT2D eigenvalue weighted by Gasteiger charge is 2.14. The topological polar surface area (TPSA) is 81.9 Å². The van der Waals surface area contributed by atoms with Crippen LogP contribution in [0.4, 0.5) is 0 Å². The maximum atomic E-state index is 10.4. The first kappa shape index (κ1) is 14.7. The highest BCUT2D eigenvalue weighted by Crippen LogP contribution is 2.25. The van der Waals surface area contributed by atoms with Crippen LogP contribution < -0.4 is 4.74 Å². The summed E-state index contributed by atoms with van der Waals surface area (Å²) in [6.07, 6.45) is 0. The fraction of sp³-hybridized carbons (Fsp3) is 0.111. The van der Waals surface area contributed by atoms with E-state index in [2.05, 4.69) is 9.97 Å². The molecule has 0 unspecified atom stereocenters. The molecular weight excluding hydrogens is 290 g/mol. The molecule has 0 radical (unpaired) electrons. The number of imidazole rings is 1. The summed E-state index contributed by atoms with van der Waals surface area (Å²) in [6.45, 7) is 2.48. The van der Waals surface area contributed by atoms with Gasteiger partial charge in [-0.3, -0.25) is 0 Å². The monoisotopic (exact) mass is 305 g/mol. The van der Waals surface area contributed by atoms with Gasteiger partial charge in [-0.05, 0) is 43.3 Å². The van der Waals surface area contributed by atoms with Crippen molar-refractivity contribution in [1.29, 1.82) is 5.26 Å². The molecule has 1 aromatic heterocycles. The average molecular weight is 305 g/mol. The van der Waals surface area contributed by atoms with Crippen LogP contribution in [0.25, 0.3) is 22.4 Å². The molecule has 0 amide bonds. The molecule has 1 heterocycles. The van der Waals surface area contributed by atoms with E-state index in [1.807, 2.05) is 37.3 Å². The van der Waals surface area contributed by atoms with Gasteiger partial charge in [0.1, 0.15) is 23.2 Å². The summed E-state index contributed by atoms with van der Waals surface area (Å²) in [6, 6.07) is 16.4. The Morgan fingerprint density at radius 1 is 1.22 bits per heavy atom. The third-order valence-corrected chi connectivity index (χ3v) is 3.41. The van der Waals surface area contributed by atoms with Crippen LogP contribution in [0.5, 0.6) is 5.75 Å². The van der Waals surface area contributed by atoms with E-state index in [0.717, 1.165) is 11.0 Å². The van der Waals surface area contributed by atoms with Crippen molar-refractivity contribution in [2.24, 2.45) is 0 Å². The molecule has 0 aliphatic carbocycles. The van der Waals surface area contributed by atoms with E-state index in [1.165, 1.54) is 0 Å². The predicted molar refractivity (Wildman–Crippen MR) is 88.8 cm³/mol. The van der Waals surface area contributed by atoms with Crippen LogP contribution in [-0.2, 0) is 0 Å². The largest absolute Gasteiger partial charge is 0.506 e. The summed E-state index contributed by atoms with van der Waals surface area (Å²) < 4.78 is 5.37. The van der Waals surface area contributed by atoms with Crippen molar-refractivity contribution in [3.05, 3.63) is 59.9 Å². The quantitative estimate of drug-likeness (QED) is 0.565. The number of nitrogens with one attached hydrogen (secondary N) is 1. The van der Waals surface area contributed by atoms with E-state index in [9.17, 15) is 10.4 Å². The molecule has 0 bridgehead atoms. The van der Waals surface area contributed by atoms with E-state index in [4.69, 9.17) is 4.74 Å². The van der Waals surface area contributed by atoms with Crippen molar-refractivity contribution >= 4 is 22.4 Å². The lowest BCUT2D eigenvalue weighted by Crippen LogP contribution is -1.94. The second-order valence-corrected chi connectivity index (χ2v) is 4.90. The molecule has 0 saturated carbocycles. The lowest BCUT2D eigenvalue weighted by molar-refractivity contribution is 0.340. The first-order valence-corrected chi connectivity index (χ1v) is 7.24. The zero-order valence-electron chi connectivity index (χ0n) is 12.6. The van der Waals surface area contributed by atoms with E-state index in [-0.39, 0.29) is 11.3 Å². The summed E-state index contributed by atoms with van der Waals surface area (Å²) in [4.78, 5) is 7.41. The Morgan fingerprint density at radius 2 is 1.96 bits per heavy atom. The summed E-state index contributed by atoms with van der Waals surface area (Å²) in [5, 5.41) is 19.9. The molecule has 0 aliphatic rings. The van der Waals surface area contributed by atoms with Gasteiger partial charge in [0.25, 0.3) is 0 Å². The number of H-pyrrole nitrogens is 1. The lowest BCUT2D eigenvalue weighted by atomic mass is 10.1. The molecule has 2 aromatic carbocycles. The Morgan fingerprint density at radius 3 is 2.61 bits per heavy atom. The van der Waals surface area contributed by atoms with Crippen molar-refractivity contribution in [3.8, 4) is 11.8 Å². The molecule has 5 nitrogen and oxygen atoms in total. The second-order valence-electron chi connectivity index (χ2n) is 4.90. The van der Waals surface area contributed by atoms with Crippen molar-refractivity contribution in [2.45, 2.75) is 6.92 Å². The number of aliphatic hydroxyl groups is 1. The number of benzene rings is 2. The van der Waals surface area contributed by atoms with Crippen LogP contribution in [0.3, 0.4) is 0 Å². The van der Waals surface area contributed by atoms with Gasteiger partial charge in [0, 0.05) is 5.56 Å². The zero-order valence-corrected chi connectivity index (χ0v) is 12.6. The number of aromatic nitrogens is 2. The summed E-state index contributed by atoms with van der Waals surface area (Å²) in [7, 11) is 0. The number of aromatic amines is 1. The number of aliphatic hydroxyl groups excluding tert-OH is 1. The Bertz CT molecular complexity index is 869. The third kappa shape index (κ3) is 2.87. The lowest BCUT2D eigenvalue weighted by Gasteiger charge is -2.05. The van der Waals surface area contributed by atoms with Gasteiger partial charge >= 0.3 is 0 Å². The van der Waals surface area contributed by atoms with Crippen molar-refractivity contribution < 1.29 is 9.84 Å². The molecular formula is C18H15N3O2. The fourth-order valence-corrected chi connectivity index (χ4v) is 2.31. The molecule has 3 aromatic rings. The minimum Gasteiger partial charge on any atom is -0.506 e. The van der Waals surface area contributed by atoms with Gasteiger partial charge in [-0.2, -0.15) is 5.26 Å². The standard InChI is InChI=1S/C18H15N3O2/c1-2-23-13-9-7-12(8-10-13)17(22)14(11-19)18-20-15-5-3-4-6-16(15)21-18/h3-10,22H,2H2,1H3,(H,20,21). The molecule has 0 saturated heterocycles. The number of rotatable bonds is 4. The van der Waals surface area contributed by atoms with Crippen LogP contribution >= 0.6 is 0 Å². The number of hydrogen-bond donors (Lipinski definition) is 2. The number of allylic oxidation sites excluding steroid dienone is 1. The van der Waals surface area contributed by atoms with E-state index >= 15 is 0 Å². The van der Waals surface area contributed by atoms with E-state index < -0.39 is 0 Å². The van der Waals surface area contributed by atoms with Crippen LogP contribution in [0, 0.1) is 11.3 Å². The van der Waals surface area contributed by atoms with Crippen molar-refractivity contribution in [3.63, 3.8) is 0 Å². The van der Waals surface area contributed by atoms with Crippen LogP contribution in [0.1, 0.15) is 18.3 Å². The zero-order chi connectivity index (χ0) is 16.2. The van der Waals surface area contributed by atoms with Crippen LogP contribution in [-0.4, -0.2) is 21.7 Å². The molecule has 2 N–H and O–H groups in total. The summed E-state index contributed by atoms with van der Waals surface area (Å²) in [5.41, 5.74) is 2.19. The molecule has 0 atom stereocenters. The molecule has 5 heteroatoms. The normalized spacial score (nSPS) is 11.8. The molecule has 0 spiro atoms. The summed E-state index contributed by atoms with van der Waals surface area (Å²) in [5.74, 6) is 0.945. The first-order valence-electron chi connectivity index (χ1n) is 7.24. The maximum Gasteiger partial charge on any atom is 0.153 e. The van der Waals surface area contributed by atoms with Crippen LogP contribution in [0.2, 0.25) is 0 Å². The number of nitriles is 1. The maximum absolute atomic E-state index is 10.4. The van der Waals surface area contributed by atoms with Gasteiger partial charge in [-0.1, -0.05) is 12.1 Å². The number of para-hydroxylation sites is 2. The van der Waals surface area contributed by atoms with Crippen molar-refractivity contribution in [2.75, 3.05) is 6.61 Å². The minimum absolute atomic E-state index is 0.102. The number of fused-ring (bicyclic) bond motifs is 1. The smallest absolute Gasteiger partial charge is 0.153 e. The Kier molecular flexibility index (Phi) is 3.98. The van der Waals surface area contributed by atoms with Gasteiger partial charge in [0.15, 0.2) is 5.82 Å². The molecule has 0 fully saturated rings. The third-order valence-electron chi connectivity index (χ3n) is 3.41. The SMILES string of the molecule is CCOc1ccc(C(O)=C(C#N)c2nc3ccccc3[nH]2)cc1. The average Bonchev–Trinajstić information content (AvgIpc) is 3.00. The molecule has 114 valence electrons. The Hall–Kier alpha value is -3.26. The van der Waals surface area contributed by atoms with Gasteiger partial charge in [-0.15, -0.1) is 0 Å². The highest BCUT2D eigenvalue weighted by atomic mass is 16.5. The first-order chi connectivity index (χ1) is 11.2. The molecule has 23 heavy (non-hydrogen) atoms. The molecule has 3 rings (SSSR count). The van der Waals surface area contributed by atoms with Crippen molar-refractivity contribution in [1.82, 2.24) is 9.97 Å².